The highest BCUT2D eigenvalue weighted by molar-refractivity contribution is 5.77. The highest BCUT2D eigenvalue weighted by Gasteiger charge is 2.50. The summed E-state index contributed by atoms with van der Waals surface area (Å²) < 4.78 is 11.0. The molecule has 1 spiro atoms. The minimum absolute atomic E-state index is 0.0963. The van der Waals surface area contributed by atoms with Gasteiger partial charge in [0.2, 0.25) is 5.91 Å². The number of ether oxygens (including phenoxy) is 2. The molecule has 0 saturated carbocycles. The highest BCUT2D eigenvalue weighted by Crippen LogP contribution is 2.43. The Morgan fingerprint density at radius 2 is 2.33 bits per heavy atom. The van der Waals surface area contributed by atoms with E-state index in [0.717, 1.165) is 44.8 Å². The molecular weight excluding hydrogens is 306 g/mol. The predicted molar refractivity (Wildman–Crippen MR) is 90.4 cm³/mol. The largest absolute Gasteiger partial charge is 0.376 e. The molecule has 0 N–H and O–H groups in total. The maximum atomic E-state index is 12.1. The van der Waals surface area contributed by atoms with Crippen LogP contribution in [0.1, 0.15) is 12.0 Å². The van der Waals surface area contributed by atoms with Gasteiger partial charge in [-0.3, -0.25) is 9.78 Å². The van der Waals surface area contributed by atoms with Crippen molar-refractivity contribution in [2.45, 2.75) is 13.0 Å². The van der Waals surface area contributed by atoms with Gasteiger partial charge < -0.3 is 19.3 Å². The van der Waals surface area contributed by atoms with Crippen LogP contribution in [0, 0.1) is 11.3 Å². The number of rotatable bonds is 6. The summed E-state index contributed by atoms with van der Waals surface area (Å²) in [4.78, 5) is 20.6. The lowest BCUT2D eigenvalue weighted by atomic mass is 9.77. The van der Waals surface area contributed by atoms with E-state index in [1.54, 1.807) is 13.3 Å². The first-order valence-corrected chi connectivity index (χ1v) is 8.55. The number of pyridine rings is 1. The molecular formula is C18H27N3O3. The quantitative estimate of drug-likeness (QED) is 0.778. The summed E-state index contributed by atoms with van der Waals surface area (Å²) in [5.41, 5.74) is 1.26. The number of carbonyl (C=O) groups is 1. The van der Waals surface area contributed by atoms with Crippen molar-refractivity contribution in [1.82, 2.24) is 14.8 Å². The van der Waals surface area contributed by atoms with Crippen LogP contribution in [0.5, 0.6) is 0 Å². The fraction of sp³-hybridized carbons (Fsp3) is 0.667. The van der Waals surface area contributed by atoms with Crippen LogP contribution in [0.4, 0.5) is 0 Å². The molecule has 0 unspecified atom stereocenters. The summed E-state index contributed by atoms with van der Waals surface area (Å²) in [6, 6.07) is 3.96. The molecule has 1 aromatic heterocycles. The molecule has 24 heavy (non-hydrogen) atoms. The van der Waals surface area contributed by atoms with E-state index in [1.165, 1.54) is 0 Å². The Hall–Kier alpha value is -1.50. The van der Waals surface area contributed by atoms with Crippen molar-refractivity contribution in [2.75, 3.05) is 53.6 Å². The minimum atomic E-state index is 0.0963. The number of carbonyl (C=O) groups excluding carboxylic acids is 1. The maximum absolute atomic E-state index is 12.1. The number of hydrogen-bond donors (Lipinski definition) is 0. The standard InChI is InChI=1S/C18H27N3O3/c1-20-9-16(11-24-10-15-4-3-6-19-8-15)18(13-20)5-7-21(14-18)17(22)12-23-2/h3-4,6,8,16H,5,7,9-14H2,1-2H3/t16-,18-/m0/s1. The van der Waals surface area contributed by atoms with Crippen LogP contribution >= 0.6 is 0 Å². The van der Waals surface area contributed by atoms with Crippen molar-refractivity contribution in [2.24, 2.45) is 11.3 Å². The van der Waals surface area contributed by atoms with Gasteiger partial charge in [-0.25, -0.2) is 0 Å². The number of nitrogens with zero attached hydrogens (tertiary/aromatic N) is 3. The van der Waals surface area contributed by atoms with Crippen LogP contribution in [0.2, 0.25) is 0 Å². The molecule has 0 aliphatic carbocycles. The second kappa shape index (κ2) is 7.59. The Morgan fingerprint density at radius 1 is 1.46 bits per heavy atom. The van der Waals surface area contributed by atoms with Crippen LogP contribution in [0.25, 0.3) is 0 Å². The summed E-state index contributed by atoms with van der Waals surface area (Å²) in [6.07, 6.45) is 4.67. The second-order valence-electron chi connectivity index (χ2n) is 7.13. The molecule has 1 amide bonds. The van der Waals surface area contributed by atoms with Crippen molar-refractivity contribution < 1.29 is 14.3 Å². The number of methoxy groups -OCH3 is 1. The van der Waals surface area contributed by atoms with Gasteiger partial charge in [-0.05, 0) is 25.1 Å². The lowest BCUT2D eigenvalue weighted by molar-refractivity contribution is -0.134. The average molecular weight is 333 g/mol. The normalized spacial score (nSPS) is 27.2. The number of likely N-dealkylation sites (tertiary alicyclic amines) is 2. The number of hydrogen-bond acceptors (Lipinski definition) is 5. The van der Waals surface area contributed by atoms with Crippen molar-refractivity contribution in [1.29, 1.82) is 0 Å². The summed E-state index contributed by atoms with van der Waals surface area (Å²) in [5.74, 6) is 0.554. The summed E-state index contributed by atoms with van der Waals surface area (Å²) in [7, 11) is 3.73. The van der Waals surface area contributed by atoms with Gasteiger partial charge in [0.05, 0.1) is 13.2 Å². The van der Waals surface area contributed by atoms with Crippen LogP contribution < -0.4 is 0 Å². The smallest absolute Gasteiger partial charge is 0.248 e. The molecule has 2 aliphatic rings. The highest BCUT2D eigenvalue weighted by atomic mass is 16.5. The van der Waals surface area contributed by atoms with E-state index >= 15 is 0 Å². The molecule has 2 aliphatic heterocycles. The van der Waals surface area contributed by atoms with Crippen LogP contribution in [0.15, 0.2) is 24.5 Å². The SMILES string of the molecule is COCC(=O)N1CC[C@]2(CN(C)C[C@H]2COCc2cccnc2)C1. The molecule has 0 radical (unpaired) electrons. The fourth-order valence-corrected chi connectivity index (χ4v) is 4.12. The Balaban J connectivity index is 1.57. The Bertz CT molecular complexity index is 554. The molecule has 3 heterocycles. The molecule has 1 aromatic rings. The molecule has 2 fully saturated rings. The Labute approximate surface area is 143 Å². The van der Waals surface area contributed by atoms with Gasteiger partial charge in [-0.15, -0.1) is 0 Å². The van der Waals surface area contributed by atoms with Gasteiger partial charge in [-0.2, -0.15) is 0 Å². The van der Waals surface area contributed by atoms with Gasteiger partial charge >= 0.3 is 0 Å². The summed E-state index contributed by atoms with van der Waals surface area (Å²) in [6.45, 7) is 5.20. The van der Waals surface area contributed by atoms with Gasteiger partial charge in [0.1, 0.15) is 6.61 Å². The second-order valence-corrected chi connectivity index (χ2v) is 7.13. The summed E-state index contributed by atoms with van der Waals surface area (Å²) in [5, 5.41) is 0. The molecule has 3 rings (SSSR count). The van der Waals surface area contributed by atoms with Crippen molar-refractivity contribution in [3.63, 3.8) is 0 Å². The lowest BCUT2D eigenvalue weighted by Crippen LogP contribution is -2.39. The van der Waals surface area contributed by atoms with Gasteiger partial charge in [-0.1, -0.05) is 6.07 Å². The van der Waals surface area contributed by atoms with Gasteiger partial charge in [0, 0.05) is 57.0 Å². The van der Waals surface area contributed by atoms with E-state index in [-0.39, 0.29) is 17.9 Å². The third-order valence-electron chi connectivity index (χ3n) is 5.30. The average Bonchev–Trinajstić information content (AvgIpc) is 3.13. The van der Waals surface area contributed by atoms with E-state index in [0.29, 0.717) is 12.5 Å². The van der Waals surface area contributed by atoms with E-state index in [4.69, 9.17) is 9.47 Å². The zero-order chi connectivity index (χ0) is 17.0. The third-order valence-corrected chi connectivity index (χ3v) is 5.30. The molecule has 132 valence electrons. The maximum Gasteiger partial charge on any atom is 0.248 e. The van der Waals surface area contributed by atoms with Crippen molar-refractivity contribution in [3.8, 4) is 0 Å². The van der Waals surface area contributed by atoms with Gasteiger partial charge in [0.15, 0.2) is 0 Å². The number of amides is 1. The van der Waals surface area contributed by atoms with Crippen molar-refractivity contribution >= 4 is 5.91 Å². The topological polar surface area (TPSA) is 54.9 Å². The van der Waals surface area contributed by atoms with E-state index < -0.39 is 0 Å². The zero-order valence-electron chi connectivity index (χ0n) is 14.6. The first kappa shape index (κ1) is 17.3. The van der Waals surface area contributed by atoms with Gasteiger partial charge in [0.25, 0.3) is 0 Å². The monoisotopic (exact) mass is 333 g/mol. The van der Waals surface area contributed by atoms with Crippen LogP contribution in [0.3, 0.4) is 0 Å². The van der Waals surface area contributed by atoms with Crippen LogP contribution in [-0.4, -0.2) is 74.2 Å². The Morgan fingerprint density at radius 3 is 3.08 bits per heavy atom. The molecule has 6 heteroatoms. The molecule has 2 atom stereocenters. The lowest BCUT2D eigenvalue weighted by Gasteiger charge is -2.30. The van der Waals surface area contributed by atoms with E-state index in [2.05, 4.69) is 16.9 Å². The molecule has 6 nitrogen and oxygen atoms in total. The third kappa shape index (κ3) is 3.77. The Kier molecular flexibility index (Phi) is 5.48. The van der Waals surface area contributed by atoms with Crippen LogP contribution in [-0.2, 0) is 20.9 Å². The van der Waals surface area contributed by atoms with Crippen molar-refractivity contribution in [3.05, 3.63) is 30.1 Å². The molecule has 2 saturated heterocycles. The zero-order valence-corrected chi connectivity index (χ0v) is 14.6. The first-order chi connectivity index (χ1) is 11.6. The molecule has 0 aromatic carbocycles. The fourth-order valence-electron chi connectivity index (χ4n) is 4.12. The summed E-state index contributed by atoms with van der Waals surface area (Å²) >= 11 is 0. The van der Waals surface area contributed by atoms with E-state index in [9.17, 15) is 4.79 Å². The number of aromatic nitrogens is 1. The van der Waals surface area contributed by atoms with E-state index in [1.807, 2.05) is 23.2 Å². The first-order valence-electron chi connectivity index (χ1n) is 8.55. The predicted octanol–water partition coefficient (Wildman–Crippen LogP) is 1.02. The minimum Gasteiger partial charge on any atom is -0.376 e. The molecule has 0 bridgehead atoms.